The summed E-state index contributed by atoms with van der Waals surface area (Å²) in [5, 5.41) is 3.48. The van der Waals surface area contributed by atoms with E-state index in [4.69, 9.17) is 4.74 Å². The number of rotatable bonds is 0. The summed E-state index contributed by atoms with van der Waals surface area (Å²) in [4.78, 5) is 0. The van der Waals surface area contributed by atoms with Gasteiger partial charge in [0.15, 0.2) is 0 Å². The fourth-order valence-corrected chi connectivity index (χ4v) is 2.48. The number of nitrogens with one attached hydrogen (secondary N) is 1. The maximum absolute atomic E-state index is 5.77. The monoisotopic (exact) mass is 169 g/mol. The molecular weight excluding hydrogens is 150 g/mol. The Kier molecular flexibility index (Phi) is 2.13. The van der Waals surface area contributed by atoms with Gasteiger partial charge in [0.2, 0.25) is 0 Å². The highest BCUT2D eigenvalue weighted by Crippen LogP contribution is 2.34. The van der Waals surface area contributed by atoms with Crippen LogP contribution in [-0.2, 0) is 4.74 Å². The molecule has 1 saturated heterocycles. The molecule has 2 rings (SSSR count). The molecule has 1 aliphatic carbocycles. The van der Waals surface area contributed by atoms with Gasteiger partial charge >= 0.3 is 0 Å². The summed E-state index contributed by atoms with van der Waals surface area (Å²) < 4.78 is 5.77. The summed E-state index contributed by atoms with van der Waals surface area (Å²) in [7, 11) is 0. The van der Waals surface area contributed by atoms with Gasteiger partial charge in [-0.3, -0.25) is 5.32 Å². The van der Waals surface area contributed by atoms with Crippen LogP contribution in [-0.4, -0.2) is 18.4 Å². The molecule has 70 valence electrons. The molecule has 2 fully saturated rings. The minimum atomic E-state index is 0.275. The first kappa shape index (κ1) is 8.52. The Hall–Kier alpha value is -0.0800. The van der Waals surface area contributed by atoms with Gasteiger partial charge in [0, 0.05) is 6.04 Å². The average molecular weight is 169 g/mol. The lowest BCUT2D eigenvalue weighted by atomic mass is 9.78. The minimum Gasteiger partial charge on any atom is -0.359 e. The normalized spacial score (nSPS) is 53.8. The molecule has 1 aliphatic heterocycles. The van der Waals surface area contributed by atoms with Crippen LogP contribution >= 0.6 is 0 Å². The van der Waals surface area contributed by atoms with Crippen LogP contribution in [0.15, 0.2) is 0 Å². The van der Waals surface area contributed by atoms with E-state index in [-0.39, 0.29) is 6.23 Å². The second-order valence-electron chi connectivity index (χ2n) is 4.52. The zero-order chi connectivity index (χ0) is 8.72. The van der Waals surface area contributed by atoms with E-state index in [0.29, 0.717) is 12.1 Å². The number of hydrogen-bond donors (Lipinski definition) is 1. The van der Waals surface area contributed by atoms with Crippen molar-refractivity contribution in [2.24, 2.45) is 11.8 Å². The van der Waals surface area contributed by atoms with Crippen LogP contribution in [0.1, 0.15) is 33.6 Å². The van der Waals surface area contributed by atoms with Crippen LogP contribution in [0.5, 0.6) is 0 Å². The largest absolute Gasteiger partial charge is 0.359 e. The van der Waals surface area contributed by atoms with Gasteiger partial charge in [0.05, 0.1) is 6.10 Å². The Morgan fingerprint density at radius 3 is 2.50 bits per heavy atom. The summed E-state index contributed by atoms with van der Waals surface area (Å²) >= 11 is 0. The summed E-state index contributed by atoms with van der Waals surface area (Å²) in [6, 6.07) is 0.631. The van der Waals surface area contributed by atoms with E-state index in [0.717, 1.165) is 11.8 Å². The Bertz CT molecular complexity index is 153. The molecule has 1 N–H and O–H groups in total. The topological polar surface area (TPSA) is 21.3 Å². The molecular formula is C10H19NO. The Morgan fingerprint density at radius 1 is 1.08 bits per heavy atom. The second-order valence-corrected chi connectivity index (χ2v) is 4.52. The molecule has 0 spiro atoms. The number of hydrogen-bond acceptors (Lipinski definition) is 2. The fraction of sp³-hybridized carbons (Fsp3) is 1.00. The molecule has 0 aromatic carbocycles. The van der Waals surface area contributed by atoms with E-state index in [2.05, 4.69) is 26.1 Å². The molecule has 5 atom stereocenters. The van der Waals surface area contributed by atoms with Gasteiger partial charge in [-0.05, 0) is 31.6 Å². The van der Waals surface area contributed by atoms with Crippen molar-refractivity contribution in [3.63, 3.8) is 0 Å². The number of ether oxygens (including phenoxy) is 1. The van der Waals surface area contributed by atoms with Crippen LogP contribution < -0.4 is 5.32 Å². The highest BCUT2D eigenvalue weighted by molar-refractivity contribution is 4.91. The molecule has 2 nitrogen and oxygen atoms in total. The SMILES string of the molecule is CC1NC2CC(C)C(C)CC2O1. The maximum Gasteiger partial charge on any atom is 0.106 e. The summed E-state index contributed by atoms with van der Waals surface area (Å²) in [6.07, 6.45) is 3.29. The molecule has 12 heavy (non-hydrogen) atoms. The molecule has 0 radical (unpaired) electrons. The second kappa shape index (κ2) is 3.00. The van der Waals surface area contributed by atoms with Crippen molar-refractivity contribution in [3.8, 4) is 0 Å². The van der Waals surface area contributed by atoms with Gasteiger partial charge in [0.1, 0.15) is 6.23 Å². The van der Waals surface area contributed by atoms with Crippen molar-refractivity contribution >= 4 is 0 Å². The zero-order valence-electron chi connectivity index (χ0n) is 8.21. The van der Waals surface area contributed by atoms with E-state index in [1.165, 1.54) is 12.8 Å². The fourth-order valence-electron chi connectivity index (χ4n) is 2.48. The van der Waals surface area contributed by atoms with Gasteiger partial charge in [0.25, 0.3) is 0 Å². The predicted molar refractivity (Wildman–Crippen MR) is 48.8 cm³/mol. The van der Waals surface area contributed by atoms with E-state index in [1.54, 1.807) is 0 Å². The summed E-state index contributed by atoms with van der Waals surface area (Å²) in [5.41, 5.74) is 0. The molecule has 0 aromatic rings. The molecule has 1 heterocycles. The lowest BCUT2D eigenvalue weighted by molar-refractivity contribution is 0.0147. The van der Waals surface area contributed by atoms with Crippen molar-refractivity contribution in [2.75, 3.05) is 0 Å². The molecule has 0 bridgehead atoms. The molecule has 2 heteroatoms. The van der Waals surface area contributed by atoms with Crippen molar-refractivity contribution in [1.29, 1.82) is 0 Å². The van der Waals surface area contributed by atoms with Crippen molar-refractivity contribution < 1.29 is 4.74 Å². The van der Waals surface area contributed by atoms with Crippen LogP contribution in [0.2, 0.25) is 0 Å². The standard InChI is InChI=1S/C10H19NO/c1-6-4-9-10(5-7(6)2)12-8(3)11-9/h6-11H,4-5H2,1-3H3. The van der Waals surface area contributed by atoms with Gasteiger partial charge < -0.3 is 4.74 Å². The van der Waals surface area contributed by atoms with E-state index < -0.39 is 0 Å². The highest BCUT2D eigenvalue weighted by Gasteiger charge is 2.39. The van der Waals surface area contributed by atoms with Gasteiger partial charge in [-0.25, -0.2) is 0 Å². The zero-order valence-corrected chi connectivity index (χ0v) is 8.21. The first-order valence-corrected chi connectivity index (χ1v) is 5.08. The summed E-state index contributed by atoms with van der Waals surface area (Å²) in [6.45, 7) is 6.80. The van der Waals surface area contributed by atoms with Crippen LogP contribution in [0.4, 0.5) is 0 Å². The number of fused-ring (bicyclic) bond motifs is 1. The van der Waals surface area contributed by atoms with Crippen LogP contribution in [0.25, 0.3) is 0 Å². The van der Waals surface area contributed by atoms with Crippen molar-refractivity contribution in [2.45, 2.75) is 52.0 Å². The first-order valence-electron chi connectivity index (χ1n) is 5.08. The Morgan fingerprint density at radius 2 is 1.75 bits per heavy atom. The van der Waals surface area contributed by atoms with E-state index in [1.807, 2.05) is 0 Å². The molecule has 1 saturated carbocycles. The smallest absolute Gasteiger partial charge is 0.106 e. The van der Waals surface area contributed by atoms with E-state index in [9.17, 15) is 0 Å². The van der Waals surface area contributed by atoms with E-state index >= 15 is 0 Å². The third-order valence-corrected chi connectivity index (χ3v) is 3.48. The van der Waals surface area contributed by atoms with Gasteiger partial charge in [-0.1, -0.05) is 13.8 Å². The molecule has 5 unspecified atom stereocenters. The third-order valence-electron chi connectivity index (χ3n) is 3.48. The van der Waals surface area contributed by atoms with Crippen LogP contribution in [0, 0.1) is 11.8 Å². The van der Waals surface area contributed by atoms with Gasteiger partial charge in [-0.2, -0.15) is 0 Å². The molecule has 2 aliphatic rings. The third kappa shape index (κ3) is 1.38. The Labute approximate surface area is 74.7 Å². The lowest BCUT2D eigenvalue weighted by Gasteiger charge is -2.33. The minimum absolute atomic E-state index is 0.275. The van der Waals surface area contributed by atoms with Gasteiger partial charge in [-0.15, -0.1) is 0 Å². The summed E-state index contributed by atoms with van der Waals surface area (Å²) in [5.74, 6) is 1.69. The molecule has 0 aromatic heterocycles. The average Bonchev–Trinajstić information content (AvgIpc) is 2.30. The highest BCUT2D eigenvalue weighted by atomic mass is 16.5. The maximum atomic E-state index is 5.77. The Balaban J connectivity index is 2.01. The molecule has 0 amide bonds. The van der Waals surface area contributed by atoms with Crippen LogP contribution in [0.3, 0.4) is 0 Å². The van der Waals surface area contributed by atoms with Crippen molar-refractivity contribution in [1.82, 2.24) is 5.32 Å². The lowest BCUT2D eigenvalue weighted by Crippen LogP contribution is -2.40. The first-order chi connectivity index (χ1) is 5.66. The quantitative estimate of drug-likeness (QED) is 0.596. The predicted octanol–water partition coefficient (Wildman–Crippen LogP) is 1.76. The van der Waals surface area contributed by atoms with Crippen molar-refractivity contribution in [3.05, 3.63) is 0 Å².